The Morgan fingerprint density at radius 3 is 2.57 bits per heavy atom. The molecule has 2 aliphatic heterocycles. The summed E-state index contributed by atoms with van der Waals surface area (Å²) in [6.45, 7) is 7.68. The van der Waals surface area contributed by atoms with Crippen LogP contribution in [0.1, 0.15) is 84.0 Å². The molecule has 0 bridgehead atoms. The first-order valence-corrected chi connectivity index (χ1v) is 12.8. The molecule has 196 valence electrons. The van der Waals surface area contributed by atoms with Crippen LogP contribution in [0.5, 0.6) is 0 Å². The molecule has 0 N–H and O–H groups in total. The van der Waals surface area contributed by atoms with Crippen LogP contribution in [-0.4, -0.2) is 38.7 Å². The van der Waals surface area contributed by atoms with Gasteiger partial charge >= 0.3 is 6.18 Å². The number of rotatable bonds is 5. The maximum atomic E-state index is 14.3. The molecular weight excluding hydrogens is 479 g/mol. The zero-order valence-corrected chi connectivity index (χ0v) is 21.6. The van der Waals surface area contributed by atoms with Gasteiger partial charge in [0.2, 0.25) is 0 Å². The quantitative estimate of drug-likeness (QED) is 0.426. The van der Waals surface area contributed by atoms with E-state index in [1.807, 2.05) is 43.7 Å². The highest BCUT2D eigenvalue weighted by molar-refractivity contribution is 6.10. The van der Waals surface area contributed by atoms with Crippen molar-refractivity contribution in [3.8, 4) is 0 Å². The maximum absolute atomic E-state index is 14.3. The molecule has 2 aliphatic rings. The van der Waals surface area contributed by atoms with Gasteiger partial charge in [-0.15, -0.1) is 10.2 Å². The summed E-state index contributed by atoms with van der Waals surface area (Å²) < 4.78 is 44.6. The number of likely N-dealkylation sites (tertiary alicyclic amines) is 1. The van der Waals surface area contributed by atoms with Crippen LogP contribution >= 0.6 is 0 Å². The summed E-state index contributed by atoms with van der Waals surface area (Å²) in [5.41, 5.74) is 1.50. The monoisotopic (exact) mass is 511 g/mol. The summed E-state index contributed by atoms with van der Waals surface area (Å²) in [5.74, 6) is 0.766. The fourth-order valence-corrected chi connectivity index (χ4v) is 5.72. The third-order valence-electron chi connectivity index (χ3n) is 7.90. The number of carbonyl (C=O) groups excluding carboxylic acids is 1. The van der Waals surface area contributed by atoms with Crippen molar-refractivity contribution in [3.05, 3.63) is 76.4 Å². The summed E-state index contributed by atoms with van der Waals surface area (Å²) in [6, 6.07) is 10.1. The molecule has 9 heteroatoms. The molecule has 0 spiro atoms. The second kappa shape index (κ2) is 9.59. The number of hydrogen-bond acceptors (Lipinski definition) is 4. The lowest BCUT2D eigenvalue weighted by Crippen LogP contribution is -2.36. The van der Waals surface area contributed by atoms with Crippen molar-refractivity contribution in [3.63, 3.8) is 0 Å². The van der Waals surface area contributed by atoms with Gasteiger partial charge in [0.15, 0.2) is 0 Å². The Morgan fingerprint density at radius 1 is 1.11 bits per heavy atom. The molecule has 6 nitrogen and oxygen atoms in total. The second-order valence-corrected chi connectivity index (χ2v) is 10.5. The highest BCUT2D eigenvalue weighted by Gasteiger charge is 2.41. The topological polar surface area (TPSA) is 54.3 Å². The summed E-state index contributed by atoms with van der Waals surface area (Å²) in [5, 5.41) is 8.12. The number of fused-ring (bicyclic) bond motifs is 1. The summed E-state index contributed by atoms with van der Waals surface area (Å²) >= 11 is 0. The highest BCUT2D eigenvalue weighted by atomic mass is 19.4. The van der Waals surface area contributed by atoms with Crippen LogP contribution in [-0.2, 0) is 19.8 Å². The van der Waals surface area contributed by atoms with E-state index in [9.17, 15) is 18.0 Å². The molecule has 0 saturated carbocycles. The molecule has 1 unspecified atom stereocenters. The summed E-state index contributed by atoms with van der Waals surface area (Å²) in [6.07, 6.45) is -0.771. The Hall–Kier alpha value is -3.20. The molecule has 2 aromatic carbocycles. The lowest BCUT2D eigenvalue weighted by molar-refractivity contribution is -0.138. The molecule has 1 amide bonds. The molecule has 0 aliphatic carbocycles. The van der Waals surface area contributed by atoms with E-state index in [1.54, 1.807) is 18.5 Å². The number of nitrogens with zero attached hydrogens (tertiary/aromatic N) is 5. The lowest BCUT2D eigenvalue weighted by Gasteiger charge is -2.36. The Bertz CT molecular complexity index is 1320. The van der Waals surface area contributed by atoms with Gasteiger partial charge in [-0.2, -0.15) is 13.2 Å². The molecule has 1 aromatic heterocycles. The largest absolute Gasteiger partial charge is 0.416 e. The van der Waals surface area contributed by atoms with Crippen molar-refractivity contribution >= 4 is 11.6 Å². The van der Waals surface area contributed by atoms with Gasteiger partial charge in [-0.05, 0) is 73.2 Å². The average molecular weight is 512 g/mol. The number of aryl methyl sites for hydroxylation is 1. The van der Waals surface area contributed by atoms with Crippen molar-refractivity contribution in [2.75, 3.05) is 18.0 Å². The summed E-state index contributed by atoms with van der Waals surface area (Å²) in [7, 11) is 1.86. The van der Waals surface area contributed by atoms with E-state index in [-0.39, 0.29) is 29.6 Å². The molecule has 3 atom stereocenters. The SMILES string of the molecule is CC(c1cc2c(c(C(F)(F)F)c1)CN(c1cccc([C@H](C)c3nncn3C)c1)C2=O)N1CCC[C@H](C)C1. The number of alkyl halides is 3. The van der Waals surface area contributed by atoms with Crippen molar-refractivity contribution in [1.82, 2.24) is 19.7 Å². The fraction of sp³-hybridized carbons (Fsp3) is 0.464. The van der Waals surface area contributed by atoms with Crippen LogP contribution in [0.15, 0.2) is 42.7 Å². The van der Waals surface area contributed by atoms with Gasteiger partial charge in [0, 0.05) is 36.8 Å². The number of halogens is 3. The van der Waals surface area contributed by atoms with E-state index in [4.69, 9.17) is 0 Å². The molecule has 1 fully saturated rings. The van der Waals surface area contributed by atoms with E-state index in [1.165, 1.54) is 11.0 Å². The average Bonchev–Trinajstić information content (AvgIpc) is 3.45. The molecule has 3 heterocycles. The standard InChI is InChI=1S/C28H32F3N5O/c1-17-7-6-10-35(14-17)19(3)21-12-23-24(25(13-21)28(29,30)31)15-36(27(23)37)22-9-5-8-20(11-22)18(2)26-33-32-16-34(26)4/h5,8-9,11-13,16-19H,6-7,10,14-15H2,1-4H3/t17-,18-,19?/m0/s1. The minimum atomic E-state index is -4.55. The first-order chi connectivity index (χ1) is 17.5. The van der Waals surface area contributed by atoms with E-state index in [0.29, 0.717) is 17.2 Å². The number of benzene rings is 2. The van der Waals surface area contributed by atoms with E-state index in [2.05, 4.69) is 22.0 Å². The first kappa shape index (κ1) is 25.4. The van der Waals surface area contributed by atoms with Gasteiger partial charge in [-0.25, -0.2) is 0 Å². The van der Waals surface area contributed by atoms with Crippen molar-refractivity contribution in [2.24, 2.45) is 13.0 Å². The number of aromatic nitrogens is 3. The molecule has 0 radical (unpaired) electrons. The highest BCUT2D eigenvalue weighted by Crippen LogP contribution is 2.41. The zero-order chi connectivity index (χ0) is 26.5. The minimum Gasteiger partial charge on any atom is -0.320 e. The lowest BCUT2D eigenvalue weighted by atomic mass is 9.93. The predicted molar refractivity (Wildman–Crippen MR) is 135 cm³/mol. The van der Waals surface area contributed by atoms with Gasteiger partial charge in [0.25, 0.3) is 5.91 Å². The third-order valence-corrected chi connectivity index (χ3v) is 7.90. The van der Waals surface area contributed by atoms with Crippen molar-refractivity contribution in [2.45, 2.75) is 58.3 Å². The zero-order valence-electron chi connectivity index (χ0n) is 21.6. The van der Waals surface area contributed by atoms with Gasteiger partial charge in [0.05, 0.1) is 12.1 Å². The predicted octanol–water partition coefficient (Wildman–Crippen LogP) is 5.94. The minimum absolute atomic E-state index is 0.0483. The van der Waals surface area contributed by atoms with Crippen LogP contribution in [0, 0.1) is 5.92 Å². The van der Waals surface area contributed by atoms with Crippen LogP contribution in [0.3, 0.4) is 0 Å². The number of carbonyl (C=O) groups is 1. The Kier molecular flexibility index (Phi) is 6.60. The summed E-state index contributed by atoms with van der Waals surface area (Å²) in [4.78, 5) is 17.2. The van der Waals surface area contributed by atoms with Crippen LogP contribution in [0.25, 0.3) is 0 Å². The number of anilines is 1. The van der Waals surface area contributed by atoms with Gasteiger partial charge < -0.3 is 9.47 Å². The number of piperidine rings is 1. The second-order valence-electron chi connectivity index (χ2n) is 10.5. The maximum Gasteiger partial charge on any atom is 0.416 e. The Morgan fingerprint density at radius 2 is 1.89 bits per heavy atom. The van der Waals surface area contributed by atoms with Crippen LogP contribution in [0.2, 0.25) is 0 Å². The van der Waals surface area contributed by atoms with E-state index >= 15 is 0 Å². The Balaban J connectivity index is 1.49. The smallest absolute Gasteiger partial charge is 0.320 e. The normalized spacial score (nSPS) is 20.2. The molecule has 3 aromatic rings. The van der Waals surface area contributed by atoms with Crippen LogP contribution in [0.4, 0.5) is 18.9 Å². The van der Waals surface area contributed by atoms with E-state index < -0.39 is 17.6 Å². The van der Waals surface area contributed by atoms with Gasteiger partial charge in [0.1, 0.15) is 12.2 Å². The van der Waals surface area contributed by atoms with Gasteiger partial charge in [-0.1, -0.05) is 26.0 Å². The Labute approximate surface area is 215 Å². The molecule has 37 heavy (non-hydrogen) atoms. The van der Waals surface area contributed by atoms with Crippen molar-refractivity contribution < 1.29 is 18.0 Å². The van der Waals surface area contributed by atoms with Gasteiger partial charge in [-0.3, -0.25) is 9.69 Å². The van der Waals surface area contributed by atoms with Crippen LogP contribution < -0.4 is 4.90 Å². The van der Waals surface area contributed by atoms with E-state index in [0.717, 1.165) is 37.3 Å². The molecule has 1 saturated heterocycles. The number of amides is 1. The molecular formula is C28H32F3N5O. The fourth-order valence-electron chi connectivity index (χ4n) is 5.72. The third kappa shape index (κ3) is 4.77. The van der Waals surface area contributed by atoms with Crippen molar-refractivity contribution in [1.29, 1.82) is 0 Å². The first-order valence-electron chi connectivity index (χ1n) is 12.8. The number of hydrogen-bond donors (Lipinski definition) is 0. The molecule has 5 rings (SSSR count).